The van der Waals surface area contributed by atoms with Gasteiger partial charge in [-0.2, -0.15) is 0 Å². The quantitative estimate of drug-likeness (QED) is 0.643. The van der Waals surface area contributed by atoms with Crippen LogP contribution < -0.4 is 9.44 Å². The molecule has 10 heteroatoms. The number of nitrogens with one attached hydrogen (secondary N) is 2. The first-order chi connectivity index (χ1) is 12.5. The molecule has 0 atom stereocenters. The van der Waals surface area contributed by atoms with Gasteiger partial charge in [0.05, 0.1) is 0 Å². The lowest BCUT2D eigenvalue weighted by atomic mass is 10.2. The molecule has 148 valence electrons. The predicted octanol–water partition coefficient (Wildman–Crippen LogP) is 2.23. The summed E-state index contributed by atoms with van der Waals surface area (Å²) in [5.41, 5.74) is 1.17. The zero-order valence-electron chi connectivity index (χ0n) is 14.8. The summed E-state index contributed by atoms with van der Waals surface area (Å²) < 4.78 is 80.3. The summed E-state index contributed by atoms with van der Waals surface area (Å²) >= 11 is 0. The zero-order chi connectivity index (χ0) is 20.2. The average molecular weight is 418 g/mol. The largest absolute Gasteiger partial charge is 0.243 e. The molecule has 2 N–H and O–H groups in total. The second kappa shape index (κ2) is 8.42. The van der Waals surface area contributed by atoms with Gasteiger partial charge in [-0.15, -0.1) is 0 Å². The standard InChI is InChI=1S/C17H20F2N2O4S2/c1-12-4-6-16(14(18)10-12)26(22,23)20-8-3-9-21-27(24,25)17-7-5-13(2)11-15(17)19/h4-7,10-11,20-21H,3,8-9H2,1-2H3. The molecule has 0 aliphatic rings. The molecule has 0 aliphatic heterocycles. The highest BCUT2D eigenvalue weighted by Crippen LogP contribution is 2.16. The first-order valence-electron chi connectivity index (χ1n) is 8.04. The molecular weight excluding hydrogens is 398 g/mol. The molecular formula is C17H20F2N2O4S2. The molecule has 0 amide bonds. The number of aryl methyl sites for hydroxylation is 2. The molecule has 0 spiro atoms. The topological polar surface area (TPSA) is 92.3 Å². The van der Waals surface area contributed by atoms with E-state index < -0.39 is 41.5 Å². The summed E-state index contributed by atoms with van der Waals surface area (Å²) in [7, 11) is -8.10. The van der Waals surface area contributed by atoms with Gasteiger partial charge in [-0.1, -0.05) is 12.1 Å². The van der Waals surface area contributed by atoms with Crippen LogP contribution in [0.4, 0.5) is 8.78 Å². The van der Waals surface area contributed by atoms with E-state index in [-0.39, 0.29) is 19.5 Å². The molecule has 0 unspecified atom stereocenters. The Bertz CT molecular complexity index is 955. The lowest BCUT2D eigenvalue weighted by Gasteiger charge is -2.10. The van der Waals surface area contributed by atoms with E-state index in [1.807, 2.05) is 0 Å². The SMILES string of the molecule is Cc1ccc(S(=O)(=O)NCCCNS(=O)(=O)c2ccc(C)cc2F)c(F)c1. The minimum atomic E-state index is -4.05. The van der Waals surface area contributed by atoms with Crippen molar-refractivity contribution in [1.29, 1.82) is 0 Å². The van der Waals surface area contributed by atoms with Crippen molar-refractivity contribution in [2.45, 2.75) is 30.1 Å². The molecule has 6 nitrogen and oxygen atoms in total. The molecule has 0 bridgehead atoms. The Hall–Kier alpha value is -1.88. The summed E-state index contributed by atoms with van der Waals surface area (Å²) in [5, 5.41) is 0. The first kappa shape index (κ1) is 21.4. The van der Waals surface area contributed by atoms with Gasteiger partial charge < -0.3 is 0 Å². The first-order valence-corrected chi connectivity index (χ1v) is 11.0. The Morgan fingerprint density at radius 2 is 1.11 bits per heavy atom. The van der Waals surface area contributed by atoms with E-state index in [1.54, 1.807) is 13.8 Å². The fraction of sp³-hybridized carbons (Fsp3) is 0.294. The molecule has 2 rings (SSSR count). The van der Waals surface area contributed by atoms with Crippen LogP contribution in [0.25, 0.3) is 0 Å². The normalized spacial score (nSPS) is 12.3. The van der Waals surface area contributed by atoms with E-state index in [9.17, 15) is 25.6 Å². The van der Waals surface area contributed by atoms with Gasteiger partial charge in [-0.05, 0) is 55.7 Å². The summed E-state index contributed by atoms with van der Waals surface area (Å²) in [4.78, 5) is -0.953. The van der Waals surface area contributed by atoms with Crippen LogP contribution in [0.1, 0.15) is 17.5 Å². The molecule has 0 aromatic heterocycles. The summed E-state index contributed by atoms with van der Waals surface area (Å²) in [5.74, 6) is -1.73. The number of sulfonamides is 2. The summed E-state index contributed by atoms with van der Waals surface area (Å²) in [6.45, 7) is 3.04. The minimum absolute atomic E-state index is 0.0966. The van der Waals surface area contributed by atoms with Crippen molar-refractivity contribution < 1.29 is 25.6 Å². The van der Waals surface area contributed by atoms with Crippen LogP contribution in [-0.2, 0) is 20.0 Å². The van der Waals surface area contributed by atoms with Gasteiger partial charge in [-0.25, -0.2) is 35.1 Å². The van der Waals surface area contributed by atoms with E-state index >= 15 is 0 Å². The van der Waals surface area contributed by atoms with Crippen LogP contribution in [0.15, 0.2) is 46.2 Å². The third-order valence-electron chi connectivity index (χ3n) is 3.69. The van der Waals surface area contributed by atoms with Gasteiger partial charge in [0.2, 0.25) is 20.0 Å². The number of hydrogen-bond donors (Lipinski definition) is 2. The Kier molecular flexibility index (Phi) is 6.68. The maximum Gasteiger partial charge on any atom is 0.243 e. The van der Waals surface area contributed by atoms with Crippen molar-refractivity contribution in [2.75, 3.05) is 13.1 Å². The van der Waals surface area contributed by atoms with E-state index in [4.69, 9.17) is 0 Å². The highest BCUT2D eigenvalue weighted by Gasteiger charge is 2.20. The van der Waals surface area contributed by atoms with Crippen molar-refractivity contribution in [2.24, 2.45) is 0 Å². The maximum absolute atomic E-state index is 13.8. The minimum Gasteiger partial charge on any atom is -0.211 e. The Morgan fingerprint density at radius 1 is 0.741 bits per heavy atom. The van der Waals surface area contributed by atoms with Gasteiger partial charge in [0, 0.05) is 13.1 Å². The molecule has 0 fully saturated rings. The zero-order valence-corrected chi connectivity index (χ0v) is 16.4. The van der Waals surface area contributed by atoms with Gasteiger partial charge in [0.1, 0.15) is 21.4 Å². The van der Waals surface area contributed by atoms with Gasteiger partial charge in [0.15, 0.2) is 0 Å². The number of hydrogen-bond acceptors (Lipinski definition) is 4. The fourth-order valence-corrected chi connectivity index (χ4v) is 4.57. The van der Waals surface area contributed by atoms with Crippen molar-refractivity contribution in [3.8, 4) is 0 Å². The molecule has 0 radical (unpaired) electrons. The van der Waals surface area contributed by atoms with Crippen LogP contribution in [-0.4, -0.2) is 29.9 Å². The highest BCUT2D eigenvalue weighted by molar-refractivity contribution is 7.89. The smallest absolute Gasteiger partial charge is 0.211 e. The third-order valence-corrected chi connectivity index (χ3v) is 6.68. The van der Waals surface area contributed by atoms with E-state index in [0.717, 1.165) is 24.3 Å². The summed E-state index contributed by atoms with van der Waals surface area (Å²) in [6.07, 6.45) is 0.0966. The Labute approximate surface area is 157 Å². The molecule has 0 saturated carbocycles. The van der Waals surface area contributed by atoms with Crippen LogP contribution in [0.2, 0.25) is 0 Å². The Morgan fingerprint density at radius 3 is 1.44 bits per heavy atom. The summed E-state index contributed by atoms with van der Waals surface area (Å²) in [6, 6.07) is 7.49. The van der Waals surface area contributed by atoms with Crippen LogP contribution >= 0.6 is 0 Å². The van der Waals surface area contributed by atoms with E-state index in [1.165, 1.54) is 12.1 Å². The Balaban J connectivity index is 1.91. The predicted molar refractivity (Wildman–Crippen MR) is 97.3 cm³/mol. The van der Waals surface area contributed by atoms with E-state index in [2.05, 4.69) is 9.44 Å². The van der Waals surface area contributed by atoms with Gasteiger partial charge in [-0.3, -0.25) is 0 Å². The number of benzene rings is 2. The monoisotopic (exact) mass is 418 g/mol. The van der Waals surface area contributed by atoms with Gasteiger partial charge in [0.25, 0.3) is 0 Å². The van der Waals surface area contributed by atoms with Crippen LogP contribution in [0, 0.1) is 25.5 Å². The molecule has 27 heavy (non-hydrogen) atoms. The molecule has 0 saturated heterocycles. The molecule has 0 heterocycles. The maximum atomic E-state index is 13.8. The molecule has 0 aliphatic carbocycles. The number of halogens is 2. The third kappa shape index (κ3) is 5.55. The van der Waals surface area contributed by atoms with Crippen molar-refractivity contribution >= 4 is 20.0 Å². The van der Waals surface area contributed by atoms with Crippen molar-refractivity contribution in [1.82, 2.24) is 9.44 Å². The van der Waals surface area contributed by atoms with Crippen LogP contribution in [0.5, 0.6) is 0 Å². The highest BCUT2D eigenvalue weighted by atomic mass is 32.2. The number of rotatable bonds is 8. The van der Waals surface area contributed by atoms with Gasteiger partial charge >= 0.3 is 0 Å². The average Bonchev–Trinajstić information content (AvgIpc) is 2.53. The molecule has 2 aromatic carbocycles. The van der Waals surface area contributed by atoms with Crippen molar-refractivity contribution in [3.63, 3.8) is 0 Å². The van der Waals surface area contributed by atoms with Crippen molar-refractivity contribution in [3.05, 3.63) is 59.2 Å². The van der Waals surface area contributed by atoms with Crippen LogP contribution in [0.3, 0.4) is 0 Å². The lowest BCUT2D eigenvalue weighted by molar-refractivity contribution is 0.551. The lowest BCUT2D eigenvalue weighted by Crippen LogP contribution is -2.30. The fourth-order valence-electron chi connectivity index (χ4n) is 2.30. The second-order valence-electron chi connectivity index (χ2n) is 6.02. The second-order valence-corrected chi connectivity index (χ2v) is 9.49. The molecule has 2 aromatic rings. The van der Waals surface area contributed by atoms with E-state index in [0.29, 0.717) is 11.1 Å².